The number of hydrogen-bond donors (Lipinski definition) is 2. The van der Waals surface area contributed by atoms with Crippen molar-refractivity contribution in [2.75, 3.05) is 11.1 Å². The summed E-state index contributed by atoms with van der Waals surface area (Å²) in [7, 11) is 0. The molecule has 3 N–H and O–H groups in total. The highest BCUT2D eigenvalue weighted by molar-refractivity contribution is 9.10. The molecule has 0 atom stereocenters. The molecular formula is C10H8BrClFN5O. The van der Waals surface area contributed by atoms with Gasteiger partial charge in [0.15, 0.2) is 0 Å². The summed E-state index contributed by atoms with van der Waals surface area (Å²) in [4.78, 5) is 15.5. The number of nitrogens with two attached hydrogens (primary N) is 1. The van der Waals surface area contributed by atoms with Gasteiger partial charge >= 0.3 is 0 Å². The minimum atomic E-state index is -0.501. The zero-order chi connectivity index (χ0) is 14.0. The van der Waals surface area contributed by atoms with E-state index in [0.29, 0.717) is 10.2 Å². The fourth-order valence-electron chi connectivity index (χ4n) is 1.37. The van der Waals surface area contributed by atoms with Gasteiger partial charge in [0.1, 0.15) is 18.7 Å². The summed E-state index contributed by atoms with van der Waals surface area (Å²) in [5.41, 5.74) is 5.62. The molecule has 0 aliphatic rings. The van der Waals surface area contributed by atoms with Crippen molar-refractivity contribution in [1.29, 1.82) is 0 Å². The Kier molecular flexibility index (Phi) is 4.01. The van der Waals surface area contributed by atoms with E-state index in [9.17, 15) is 9.18 Å². The van der Waals surface area contributed by atoms with Gasteiger partial charge in [0.25, 0.3) is 0 Å². The topological polar surface area (TPSA) is 85.8 Å². The molecule has 100 valence electrons. The van der Waals surface area contributed by atoms with Gasteiger partial charge in [-0.15, -0.1) is 5.10 Å². The van der Waals surface area contributed by atoms with Crippen molar-refractivity contribution >= 4 is 45.1 Å². The molecule has 0 unspecified atom stereocenters. The van der Waals surface area contributed by atoms with E-state index < -0.39 is 5.82 Å². The number of benzene rings is 1. The van der Waals surface area contributed by atoms with Crippen LogP contribution in [0.3, 0.4) is 0 Å². The predicted molar refractivity (Wildman–Crippen MR) is 72.2 cm³/mol. The summed E-state index contributed by atoms with van der Waals surface area (Å²) in [6.07, 6.45) is 1.33. The van der Waals surface area contributed by atoms with Crippen LogP contribution in [0.25, 0.3) is 0 Å². The van der Waals surface area contributed by atoms with Crippen LogP contribution in [0.15, 0.2) is 22.9 Å². The first-order valence-corrected chi connectivity index (χ1v) is 6.22. The molecule has 0 saturated carbocycles. The first kappa shape index (κ1) is 13.8. The van der Waals surface area contributed by atoms with Gasteiger partial charge in [-0.3, -0.25) is 4.79 Å². The molecule has 0 aliphatic heterocycles. The molecule has 9 heteroatoms. The molecule has 19 heavy (non-hydrogen) atoms. The van der Waals surface area contributed by atoms with Crippen molar-refractivity contribution in [3.63, 3.8) is 0 Å². The lowest BCUT2D eigenvalue weighted by molar-refractivity contribution is -0.116. The Bertz CT molecular complexity index is 609. The Morgan fingerprint density at radius 1 is 1.58 bits per heavy atom. The number of anilines is 2. The van der Waals surface area contributed by atoms with Gasteiger partial charge in [0.05, 0.1) is 10.7 Å². The number of nitrogen functional groups attached to an aromatic ring is 1. The van der Waals surface area contributed by atoms with E-state index in [1.807, 2.05) is 0 Å². The number of nitrogens with zero attached hydrogens (tertiary/aromatic N) is 3. The maximum absolute atomic E-state index is 13.0. The van der Waals surface area contributed by atoms with Crippen molar-refractivity contribution in [2.24, 2.45) is 0 Å². The minimum absolute atomic E-state index is 0.0776. The van der Waals surface area contributed by atoms with E-state index in [4.69, 9.17) is 17.3 Å². The molecule has 0 saturated heterocycles. The van der Waals surface area contributed by atoms with Crippen LogP contribution in [-0.4, -0.2) is 20.7 Å². The molecular weight excluding hydrogens is 340 g/mol. The number of hydrogen-bond acceptors (Lipinski definition) is 4. The first-order valence-electron chi connectivity index (χ1n) is 5.05. The molecule has 0 fully saturated rings. The highest BCUT2D eigenvalue weighted by Crippen LogP contribution is 2.31. The summed E-state index contributed by atoms with van der Waals surface area (Å²) in [5.74, 6) is -0.813. The SMILES string of the molecule is Nc1ncn(CC(=O)Nc2c(Cl)cc(F)cc2Br)n1. The summed E-state index contributed by atoms with van der Waals surface area (Å²) >= 11 is 8.97. The number of carbonyl (C=O) groups excluding carboxylic acids is 1. The maximum atomic E-state index is 13.0. The smallest absolute Gasteiger partial charge is 0.246 e. The highest BCUT2D eigenvalue weighted by Gasteiger charge is 2.12. The first-order chi connectivity index (χ1) is 8.95. The second-order valence-corrected chi connectivity index (χ2v) is 4.85. The monoisotopic (exact) mass is 347 g/mol. The quantitative estimate of drug-likeness (QED) is 0.889. The van der Waals surface area contributed by atoms with Crippen LogP contribution in [0.4, 0.5) is 16.0 Å². The maximum Gasteiger partial charge on any atom is 0.246 e. The lowest BCUT2D eigenvalue weighted by Crippen LogP contribution is -2.19. The average molecular weight is 349 g/mol. The van der Waals surface area contributed by atoms with Crippen LogP contribution in [0, 0.1) is 5.82 Å². The highest BCUT2D eigenvalue weighted by atomic mass is 79.9. The van der Waals surface area contributed by atoms with E-state index in [-0.39, 0.29) is 23.4 Å². The van der Waals surface area contributed by atoms with Crippen molar-refractivity contribution in [1.82, 2.24) is 14.8 Å². The Labute approximate surface area is 120 Å². The van der Waals surface area contributed by atoms with Gasteiger partial charge in [0.2, 0.25) is 11.9 Å². The van der Waals surface area contributed by atoms with Crippen molar-refractivity contribution < 1.29 is 9.18 Å². The summed E-state index contributed by atoms with van der Waals surface area (Å²) < 4.78 is 14.7. The van der Waals surface area contributed by atoms with Crippen molar-refractivity contribution in [3.05, 3.63) is 33.8 Å². The molecule has 1 aromatic heterocycles. The molecule has 0 bridgehead atoms. The molecule has 6 nitrogen and oxygen atoms in total. The van der Waals surface area contributed by atoms with E-state index in [0.717, 1.165) is 6.07 Å². The zero-order valence-electron chi connectivity index (χ0n) is 9.40. The van der Waals surface area contributed by atoms with E-state index in [2.05, 4.69) is 31.3 Å². The Balaban J connectivity index is 2.11. The van der Waals surface area contributed by atoms with Crippen LogP contribution < -0.4 is 11.1 Å². The van der Waals surface area contributed by atoms with E-state index in [1.54, 1.807) is 0 Å². The fraction of sp³-hybridized carbons (Fsp3) is 0.100. The lowest BCUT2D eigenvalue weighted by Gasteiger charge is -2.09. The number of carbonyl (C=O) groups is 1. The predicted octanol–water partition coefficient (Wildman–Crippen LogP) is 2.05. The van der Waals surface area contributed by atoms with Crippen molar-refractivity contribution in [2.45, 2.75) is 6.54 Å². The zero-order valence-corrected chi connectivity index (χ0v) is 11.7. The van der Waals surface area contributed by atoms with Crippen LogP contribution in [0.5, 0.6) is 0 Å². The number of aromatic nitrogens is 3. The van der Waals surface area contributed by atoms with Crippen LogP contribution >= 0.6 is 27.5 Å². The van der Waals surface area contributed by atoms with Crippen LogP contribution in [-0.2, 0) is 11.3 Å². The van der Waals surface area contributed by atoms with Crippen LogP contribution in [0.1, 0.15) is 0 Å². The minimum Gasteiger partial charge on any atom is -0.367 e. The molecule has 2 rings (SSSR count). The molecule has 1 amide bonds. The van der Waals surface area contributed by atoms with Gasteiger partial charge in [-0.05, 0) is 28.1 Å². The van der Waals surface area contributed by atoms with Gasteiger partial charge in [-0.2, -0.15) is 0 Å². The molecule has 1 aromatic carbocycles. The third kappa shape index (κ3) is 3.42. The molecule has 0 spiro atoms. The normalized spacial score (nSPS) is 10.5. The van der Waals surface area contributed by atoms with Crippen LogP contribution in [0.2, 0.25) is 5.02 Å². The number of rotatable bonds is 3. The largest absolute Gasteiger partial charge is 0.367 e. The second kappa shape index (κ2) is 5.54. The average Bonchev–Trinajstić information content (AvgIpc) is 2.69. The molecule has 0 radical (unpaired) electrons. The lowest BCUT2D eigenvalue weighted by atomic mass is 10.3. The third-order valence-electron chi connectivity index (χ3n) is 2.13. The standard InChI is InChI=1S/C10H8BrClFN5O/c11-6-1-5(13)2-7(12)9(6)16-8(19)3-18-4-15-10(14)17-18/h1-2,4H,3H2,(H2,14,17)(H,16,19). The number of halogens is 3. The van der Waals surface area contributed by atoms with Gasteiger partial charge in [-0.25, -0.2) is 14.1 Å². The summed E-state index contributed by atoms with van der Waals surface area (Å²) in [6, 6.07) is 2.31. The number of amides is 1. The Morgan fingerprint density at radius 2 is 2.32 bits per heavy atom. The summed E-state index contributed by atoms with van der Waals surface area (Å²) in [5, 5.41) is 6.41. The van der Waals surface area contributed by atoms with Crippen molar-refractivity contribution in [3.8, 4) is 0 Å². The van der Waals surface area contributed by atoms with Gasteiger partial charge in [0, 0.05) is 4.47 Å². The molecule has 0 aliphatic carbocycles. The molecule has 2 aromatic rings. The van der Waals surface area contributed by atoms with Gasteiger partial charge < -0.3 is 11.1 Å². The van der Waals surface area contributed by atoms with E-state index >= 15 is 0 Å². The second-order valence-electron chi connectivity index (χ2n) is 3.59. The fourth-order valence-corrected chi connectivity index (χ4v) is 2.27. The Hall–Kier alpha value is -1.67. The number of nitrogens with one attached hydrogen (secondary N) is 1. The Morgan fingerprint density at radius 3 is 2.89 bits per heavy atom. The molecule has 1 heterocycles. The third-order valence-corrected chi connectivity index (χ3v) is 3.05. The summed E-state index contributed by atoms with van der Waals surface area (Å²) in [6.45, 7) is -0.0790. The van der Waals surface area contributed by atoms with E-state index in [1.165, 1.54) is 17.1 Å². The van der Waals surface area contributed by atoms with Gasteiger partial charge in [-0.1, -0.05) is 11.6 Å².